The van der Waals surface area contributed by atoms with Crippen molar-refractivity contribution in [3.05, 3.63) is 36.0 Å². The molecule has 1 aliphatic heterocycles. The van der Waals surface area contributed by atoms with Gasteiger partial charge in [-0.25, -0.2) is 9.97 Å². The van der Waals surface area contributed by atoms with Gasteiger partial charge in [-0.3, -0.25) is 0 Å². The van der Waals surface area contributed by atoms with Crippen LogP contribution in [-0.4, -0.2) is 29.7 Å². The van der Waals surface area contributed by atoms with Crippen molar-refractivity contribution in [2.75, 3.05) is 30.8 Å². The first-order chi connectivity index (χ1) is 11.3. The fourth-order valence-corrected chi connectivity index (χ4v) is 2.90. The highest BCUT2D eigenvalue weighted by Gasteiger charge is 2.14. The average Bonchev–Trinajstić information content (AvgIpc) is 2.61. The molecule has 0 unspecified atom stereocenters. The van der Waals surface area contributed by atoms with Crippen LogP contribution in [0, 0.1) is 5.92 Å². The number of hydrogen-bond donors (Lipinski definition) is 2. The van der Waals surface area contributed by atoms with E-state index in [1.807, 2.05) is 30.5 Å². The second kappa shape index (κ2) is 7.42. The summed E-state index contributed by atoms with van der Waals surface area (Å²) in [6.07, 6.45) is 4.99. The number of pyridine rings is 2. The minimum atomic E-state index is 0.527. The Balaban J connectivity index is 1.75. The molecule has 1 fully saturated rings. The number of rotatable bonds is 5. The number of nitrogen functional groups attached to an aromatic ring is 1. The topological polar surface area (TPSA) is 73.1 Å². The maximum Gasteiger partial charge on any atom is 0.126 e. The molecule has 0 aromatic carbocycles. The number of nitrogens with two attached hydrogens (primary N) is 1. The highest BCUT2D eigenvalue weighted by molar-refractivity contribution is 5.67. The molecule has 0 spiro atoms. The van der Waals surface area contributed by atoms with Gasteiger partial charge in [0.05, 0.1) is 5.69 Å². The van der Waals surface area contributed by atoms with Gasteiger partial charge in [0, 0.05) is 31.5 Å². The minimum Gasteiger partial charge on any atom is -0.384 e. The number of nitrogens with zero attached hydrogens (tertiary/aromatic N) is 2. The quantitative estimate of drug-likeness (QED) is 0.887. The van der Waals surface area contributed by atoms with E-state index in [0.717, 1.165) is 61.7 Å². The zero-order valence-electron chi connectivity index (χ0n) is 13.6. The molecule has 5 heteroatoms. The van der Waals surface area contributed by atoms with Crippen molar-refractivity contribution >= 4 is 11.6 Å². The normalized spacial score (nSPS) is 15.5. The molecule has 122 valence electrons. The van der Waals surface area contributed by atoms with Gasteiger partial charge in [-0.1, -0.05) is 13.0 Å². The zero-order valence-corrected chi connectivity index (χ0v) is 13.6. The van der Waals surface area contributed by atoms with Gasteiger partial charge >= 0.3 is 0 Å². The van der Waals surface area contributed by atoms with Crippen LogP contribution in [0.4, 0.5) is 11.6 Å². The van der Waals surface area contributed by atoms with E-state index < -0.39 is 0 Å². The molecule has 5 nitrogen and oxygen atoms in total. The predicted molar refractivity (Wildman–Crippen MR) is 93.3 cm³/mol. The van der Waals surface area contributed by atoms with Crippen LogP contribution in [0.25, 0.3) is 11.3 Å². The lowest BCUT2D eigenvalue weighted by atomic mass is 10.0. The number of anilines is 2. The van der Waals surface area contributed by atoms with Crippen molar-refractivity contribution in [1.82, 2.24) is 9.97 Å². The summed E-state index contributed by atoms with van der Waals surface area (Å²) in [5.74, 6) is 2.10. The number of aromatic nitrogens is 2. The Bertz CT molecular complexity index is 653. The van der Waals surface area contributed by atoms with Crippen LogP contribution >= 0.6 is 0 Å². The molecular weight excluding hydrogens is 288 g/mol. The Labute approximate surface area is 137 Å². The first-order valence-corrected chi connectivity index (χ1v) is 8.29. The van der Waals surface area contributed by atoms with E-state index in [2.05, 4.69) is 17.2 Å². The molecule has 0 aliphatic carbocycles. The fraction of sp³-hybridized carbons (Fsp3) is 0.444. The van der Waals surface area contributed by atoms with Gasteiger partial charge in [0.25, 0.3) is 0 Å². The maximum absolute atomic E-state index is 5.85. The Morgan fingerprint density at radius 2 is 2.13 bits per heavy atom. The number of ether oxygens (including phenoxy) is 1. The molecule has 1 aliphatic rings. The van der Waals surface area contributed by atoms with Crippen molar-refractivity contribution in [3.8, 4) is 11.3 Å². The largest absolute Gasteiger partial charge is 0.384 e. The molecule has 0 saturated carbocycles. The summed E-state index contributed by atoms with van der Waals surface area (Å²) in [5.41, 5.74) is 9.01. The highest BCUT2D eigenvalue weighted by Crippen LogP contribution is 2.25. The molecule has 2 aromatic heterocycles. The molecule has 2 aromatic rings. The van der Waals surface area contributed by atoms with Crippen LogP contribution in [0.15, 0.2) is 30.5 Å². The third kappa shape index (κ3) is 3.99. The van der Waals surface area contributed by atoms with E-state index in [9.17, 15) is 0 Å². The van der Waals surface area contributed by atoms with Gasteiger partial charge in [-0.05, 0) is 48.9 Å². The van der Waals surface area contributed by atoms with Crippen molar-refractivity contribution in [2.45, 2.75) is 26.2 Å². The van der Waals surface area contributed by atoms with Crippen LogP contribution in [0.3, 0.4) is 0 Å². The Hall–Kier alpha value is -2.14. The van der Waals surface area contributed by atoms with Gasteiger partial charge in [-0.2, -0.15) is 0 Å². The van der Waals surface area contributed by atoms with E-state index in [0.29, 0.717) is 11.7 Å². The molecule has 3 N–H and O–H groups in total. The lowest BCUT2D eigenvalue weighted by Crippen LogP contribution is -2.22. The van der Waals surface area contributed by atoms with E-state index in [4.69, 9.17) is 15.5 Å². The second-order valence-electron chi connectivity index (χ2n) is 5.96. The summed E-state index contributed by atoms with van der Waals surface area (Å²) in [5, 5.41) is 3.46. The van der Waals surface area contributed by atoms with Crippen molar-refractivity contribution in [2.24, 2.45) is 5.92 Å². The number of aryl methyl sites for hydroxylation is 1. The SMILES string of the molecule is CCc1cnc(N)cc1-c1cccc(NCC2CCOCC2)n1. The van der Waals surface area contributed by atoms with Gasteiger partial charge in [-0.15, -0.1) is 0 Å². The molecule has 0 amide bonds. The van der Waals surface area contributed by atoms with Crippen LogP contribution in [0.1, 0.15) is 25.3 Å². The smallest absolute Gasteiger partial charge is 0.126 e. The van der Waals surface area contributed by atoms with E-state index >= 15 is 0 Å². The summed E-state index contributed by atoms with van der Waals surface area (Å²) >= 11 is 0. The summed E-state index contributed by atoms with van der Waals surface area (Å²) in [4.78, 5) is 8.93. The van der Waals surface area contributed by atoms with Crippen LogP contribution in [0.5, 0.6) is 0 Å². The lowest BCUT2D eigenvalue weighted by molar-refractivity contribution is 0.0699. The summed E-state index contributed by atoms with van der Waals surface area (Å²) in [6.45, 7) is 4.80. The zero-order chi connectivity index (χ0) is 16.1. The van der Waals surface area contributed by atoms with Gasteiger partial charge in [0.1, 0.15) is 11.6 Å². The first-order valence-electron chi connectivity index (χ1n) is 8.29. The first kappa shape index (κ1) is 15.7. The van der Waals surface area contributed by atoms with E-state index in [-0.39, 0.29) is 0 Å². The minimum absolute atomic E-state index is 0.527. The van der Waals surface area contributed by atoms with Crippen molar-refractivity contribution < 1.29 is 4.74 Å². The van der Waals surface area contributed by atoms with Gasteiger partial charge < -0.3 is 15.8 Å². The Morgan fingerprint density at radius 3 is 2.91 bits per heavy atom. The van der Waals surface area contributed by atoms with E-state index in [1.54, 1.807) is 0 Å². The number of nitrogens with one attached hydrogen (secondary N) is 1. The summed E-state index contributed by atoms with van der Waals surface area (Å²) in [6, 6.07) is 7.97. The third-order valence-corrected chi connectivity index (χ3v) is 4.33. The number of hydrogen-bond acceptors (Lipinski definition) is 5. The predicted octanol–water partition coefficient (Wildman–Crippen LogP) is 3.13. The Morgan fingerprint density at radius 1 is 1.30 bits per heavy atom. The van der Waals surface area contributed by atoms with Crippen molar-refractivity contribution in [3.63, 3.8) is 0 Å². The summed E-state index contributed by atoms with van der Waals surface area (Å²) in [7, 11) is 0. The molecule has 3 heterocycles. The Kier molecular flexibility index (Phi) is 5.08. The van der Waals surface area contributed by atoms with Gasteiger partial charge in [0.15, 0.2) is 0 Å². The van der Waals surface area contributed by atoms with Crippen molar-refractivity contribution in [1.29, 1.82) is 0 Å². The molecule has 0 bridgehead atoms. The monoisotopic (exact) mass is 312 g/mol. The molecule has 1 saturated heterocycles. The second-order valence-corrected chi connectivity index (χ2v) is 5.96. The summed E-state index contributed by atoms with van der Waals surface area (Å²) < 4.78 is 5.40. The molecule has 0 atom stereocenters. The molecule has 3 rings (SSSR count). The molecular formula is C18H24N4O. The van der Waals surface area contributed by atoms with Crippen LogP contribution in [0.2, 0.25) is 0 Å². The van der Waals surface area contributed by atoms with E-state index in [1.165, 1.54) is 0 Å². The third-order valence-electron chi connectivity index (χ3n) is 4.33. The lowest BCUT2D eigenvalue weighted by Gasteiger charge is -2.22. The van der Waals surface area contributed by atoms with Crippen LogP contribution in [-0.2, 0) is 11.2 Å². The molecule has 23 heavy (non-hydrogen) atoms. The fourth-order valence-electron chi connectivity index (χ4n) is 2.90. The van der Waals surface area contributed by atoms with Crippen LogP contribution < -0.4 is 11.1 Å². The highest BCUT2D eigenvalue weighted by atomic mass is 16.5. The molecule has 0 radical (unpaired) electrons. The average molecular weight is 312 g/mol. The standard InChI is InChI=1S/C18H24N4O/c1-2-14-12-20-17(19)10-15(14)16-4-3-5-18(22-16)21-11-13-6-8-23-9-7-13/h3-5,10,12-13H,2,6-9,11H2,1H3,(H2,19,20)(H,21,22). The van der Waals surface area contributed by atoms with Gasteiger partial charge in [0.2, 0.25) is 0 Å². The maximum atomic E-state index is 5.85.